The first-order valence-corrected chi connectivity index (χ1v) is 3.98. The predicted octanol–water partition coefficient (Wildman–Crippen LogP) is -0.955. The summed E-state index contributed by atoms with van der Waals surface area (Å²) in [7, 11) is 0. The Morgan fingerprint density at radius 2 is 1.17 bits per heavy atom. The average Bonchev–Trinajstić information content (AvgIpc) is 2.82. The highest BCUT2D eigenvalue weighted by Gasteiger charge is 2.28. The van der Waals surface area contributed by atoms with E-state index in [4.69, 9.17) is 0 Å². The van der Waals surface area contributed by atoms with Crippen LogP contribution in [0.1, 0.15) is 0 Å². The van der Waals surface area contributed by atoms with Crippen LogP contribution in [-0.4, -0.2) is 39.7 Å². The second-order valence-electron chi connectivity index (χ2n) is 2.73. The van der Waals surface area contributed by atoms with Crippen LogP contribution in [0.25, 0.3) is 11.6 Å². The fourth-order valence-electron chi connectivity index (χ4n) is 1.00. The van der Waals surface area contributed by atoms with Gasteiger partial charge in [-0.3, -0.25) is 0 Å². The molecule has 2 rings (SSSR count). The maximum absolute atomic E-state index is 11.1. The zero-order valence-electron chi connectivity index (χ0n) is 8.03. The van der Waals surface area contributed by atoms with Gasteiger partial charge in [0.05, 0.1) is 0 Å². The normalized spacial score (nSPS) is 10.4. The molecule has 0 amide bonds. The molecule has 0 radical (unpaired) electrons. The van der Waals surface area contributed by atoms with Crippen molar-refractivity contribution >= 4 is 11.9 Å². The van der Waals surface area contributed by atoms with E-state index in [2.05, 4.69) is 20.2 Å². The van der Waals surface area contributed by atoms with Crippen molar-refractivity contribution in [2.45, 2.75) is 0 Å². The molecule has 2 aromatic heterocycles. The van der Waals surface area contributed by atoms with Crippen LogP contribution in [0.2, 0.25) is 0 Å². The van der Waals surface area contributed by atoms with E-state index < -0.39 is 33.4 Å². The molecule has 0 aromatic carbocycles. The van der Waals surface area contributed by atoms with Crippen LogP contribution in [0, 0.1) is 30.6 Å². The van der Waals surface area contributed by atoms with Gasteiger partial charge in [-0.25, -0.2) is 0 Å². The standard InChI is InChI=1S/C4N8O6/c13-9-1(5-3(7-9)11(15)16)2-6-4(12(17)18)8-10(2)14/q-2. The van der Waals surface area contributed by atoms with Crippen molar-refractivity contribution in [2.24, 2.45) is 0 Å². The van der Waals surface area contributed by atoms with E-state index >= 15 is 0 Å². The van der Waals surface area contributed by atoms with Crippen molar-refractivity contribution in [3.8, 4) is 11.6 Å². The van der Waals surface area contributed by atoms with E-state index in [1.807, 2.05) is 0 Å². The van der Waals surface area contributed by atoms with E-state index in [1.165, 1.54) is 0 Å². The average molecular weight is 256 g/mol. The SMILES string of the molecule is O=[N+]([O-])c1nc(-c2nc([N+](=O)[O-])nn2[O-])n([O-])n1. The van der Waals surface area contributed by atoms with Crippen molar-refractivity contribution in [1.29, 1.82) is 0 Å². The largest absolute Gasteiger partial charge is 0.776 e. The number of hydrogen-bond donors (Lipinski definition) is 0. The monoisotopic (exact) mass is 256 g/mol. The summed E-state index contributed by atoms with van der Waals surface area (Å²) in [4.78, 5) is 24.0. The lowest BCUT2D eigenvalue weighted by molar-refractivity contribution is -0.394. The summed E-state index contributed by atoms with van der Waals surface area (Å²) in [5.41, 5.74) is 0. The number of hydrogen-bond acceptors (Lipinski definition) is 10. The molecule has 14 heteroatoms. The number of nitro groups is 2. The lowest BCUT2D eigenvalue weighted by atomic mass is 10.6. The fraction of sp³-hybridized carbons (Fsp3) is 0. The van der Waals surface area contributed by atoms with Gasteiger partial charge in [0.15, 0.2) is 0 Å². The van der Waals surface area contributed by atoms with Crippen LogP contribution in [-0.2, 0) is 0 Å². The van der Waals surface area contributed by atoms with Crippen molar-refractivity contribution in [1.82, 2.24) is 29.9 Å². The second-order valence-corrected chi connectivity index (χ2v) is 2.73. The van der Waals surface area contributed by atoms with Gasteiger partial charge in [0.2, 0.25) is 0 Å². The predicted molar refractivity (Wildman–Crippen MR) is 49.9 cm³/mol. The van der Waals surface area contributed by atoms with Crippen molar-refractivity contribution in [3.05, 3.63) is 30.6 Å². The molecule has 0 atom stereocenters. The molecule has 2 heterocycles. The summed E-state index contributed by atoms with van der Waals surface area (Å²) in [6.07, 6.45) is 0. The van der Waals surface area contributed by atoms with Crippen LogP contribution in [0.15, 0.2) is 0 Å². The summed E-state index contributed by atoms with van der Waals surface area (Å²) >= 11 is 0. The molecule has 94 valence electrons. The number of nitrogens with zero attached hydrogens (tertiary/aromatic N) is 8. The van der Waals surface area contributed by atoms with E-state index in [0.29, 0.717) is 0 Å². The van der Waals surface area contributed by atoms with Gasteiger partial charge in [-0.1, -0.05) is 0 Å². The minimum absolute atomic E-state index is 0.347. The van der Waals surface area contributed by atoms with Gasteiger partial charge >= 0.3 is 23.5 Å². The smallest absolute Gasteiger partial charge is 0.491 e. The van der Waals surface area contributed by atoms with Crippen molar-refractivity contribution in [2.75, 3.05) is 0 Å². The van der Waals surface area contributed by atoms with Crippen LogP contribution in [0.3, 0.4) is 0 Å². The highest BCUT2D eigenvalue weighted by molar-refractivity contribution is 5.47. The Labute approximate surface area is 94.9 Å². The minimum atomic E-state index is -1.07. The third kappa shape index (κ3) is 1.62. The Hall–Kier alpha value is -3.32. The molecular weight excluding hydrogens is 256 g/mol. The Morgan fingerprint density at radius 1 is 0.833 bits per heavy atom. The maximum Gasteiger partial charge on any atom is 0.491 e. The van der Waals surface area contributed by atoms with Crippen molar-refractivity contribution in [3.63, 3.8) is 0 Å². The minimum Gasteiger partial charge on any atom is -0.776 e. The summed E-state index contributed by atoms with van der Waals surface area (Å²) in [5, 5.41) is 48.5. The maximum atomic E-state index is 11.1. The first-order valence-electron chi connectivity index (χ1n) is 3.98. The molecule has 0 saturated carbocycles. The third-order valence-electron chi connectivity index (χ3n) is 1.66. The lowest BCUT2D eigenvalue weighted by Gasteiger charge is -2.01. The van der Waals surface area contributed by atoms with Gasteiger partial charge in [0.1, 0.15) is 0 Å². The third-order valence-corrected chi connectivity index (χ3v) is 1.66. The van der Waals surface area contributed by atoms with E-state index in [0.717, 1.165) is 0 Å². The quantitative estimate of drug-likeness (QED) is 0.487. The van der Waals surface area contributed by atoms with Gasteiger partial charge in [-0.15, -0.1) is 0 Å². The molecule has 2 aromatic rings. The Morgan fingerprint density at radius 3 is 1.39 bits per heavy atom. The molecule has 0 spiro atoms. The van der Waals surface area contributed by atoms with Gasteiger partial charge in [-0.2, -0.15) is 9.69 Å². The van der Waals surface area contributed by atoms with Gasteiger partial charge in [0.25, 0.3) is 0 Å². The molecule has 0 bridgehead atoms. The van der Waals surface area contributed by atoms with Gasteiger partial charge < -0.3 is 30.6 Å². The van der Waals surface area contributed by atoms with Crippen LogP contribution >= 0.6 is 0 Å². The molecule has 0 aliphatic carbocycles. The van der Waals surface area contributed by atoms with E-state index in [9.17, 15) is 30.6 Å². The van der Waals surface area contributed by atoms with Gasteiger partial charge in [-0.05, 0) is 19.8 Å². The van der Waals surface area contributed by atoms with Crippen molar-refractivity contribution < 1.29 is 9.85 Å². The summed E-state index contributed by atoms with van der Waals surface area (Å²) in [6.45, 7) is 0. The molecular formula is C4N8O6-2. The first-order chi connectivity index (χ1) is 8.40. The molecule has 0 N–H and O–H groups in total. The fourth-order valence-corrected chi connectivity index (χ4v) is 1.00. The van der Waals surface area contributed by atoms with E-state index in [1.54, 1.807) is 0 Å². The first kappa shape index (κ1) is 11.2. The van der Waals surface area contributed by atoms with Crippen LogP contribution in [0.5, 0.6) is 0 Å². The summed E-state index contributed by atoms with van der Waals surface area (Å²) in [6, 6.07) is 0. The molecule has 0 fully saturated rings. The summed E-state index contributed by atoms with van der Waals surface area (Å²) < 4.78 is 0. The molecule has 0 unspecified atom stereocenters. The summed E-state index contributed by atoms with van der Waals surface area (Å²) in [5.74, 6) is -3.83. The molecule has 0 aliphatic heterocycles. The van der Waals surface area contributed by atoms with Gasteiger partial charge in [0, 0.05) is 10.2 Å². The Bertz CT molecular complexity index is 586. The zero-order valence-corrected chi connectivity index (χ0v) is 8.03. The Balaban J connectivity index is 2.54. The zero-order chi connectivity index (χ0) is 13.4. The number of aromatic nitrogens is 6. The highest BCUT2D eigenvalue weighted by Crippen LogP contribution is 2.19. The number of rotatable bonds is 3. The molecule has 18 heavy (non-hydrogen) atoms. The van der Waals surface area contributed by atoms with Crippen LogP contribution < -0.4 is 0 Å². The lowest BCUT2D eigenvalue weighted by Crippen LogP contribution is -1.99. The molecule has 0 saturated heterocycles. The van der Waals surface area contributed by atoms with Crippen LogP contribution in [0.4, 0.5) is 11.9 Å². The highest BCUT2D eigenvalue weighted by atomic mass is 16.6. The second kappa shape index (κ2) is 3.61. The molecule has 14 nitrogen and oxygen atoms in total. The van der Waals surface area contributed by atoms with E-state index in [-0.39, 0.29) is 9.69 Å². The Kier molecular flexibility index (Phi) is 2.24. The topological polar surface area (TPSA) is 194 Å². The molecule has 0 aliphatic rings.